The summed E-state index contributed by atoms with van der Waals surface area (Å²) in [6.07, 6.45) is 2.15. The zero-order valence-electron chi connectivity index (χ0n) is 6.61. The van der Waals surface area contributed by atoms with Crippen LogP contribution >= 0.6 is 23.2 Å². The van der Waals surface area contributed by atoms with E-state index in [1.165, 1.54) is 0 Å². The van der Waals surface area contributed by atoms with Gasteiger partial charge in [-0.25, -0.2) is 0 Å². The van der Waals surface area contributed by atoms with E-state index in [2.05, 4.69) is 0 Å². The van der Waals surface area contributed by atoms with Gasteiger partial charge in [-0.1, -0.05) is 23.2 Å². The molecule has 0 aromatic carbocycles. The molecule has 0 atom stereocenters. The number of ketones is 1. The van der Waals surface area contributed by atoms with Gasteiger partial charge in [-0.05, 0) is 12.8 Å². The van der Waals surface area contributed by atoms with E-state index in [-0.39, 0.29) is 11.2 Å². The van der Waals surface area contributed by atoms with Crippen LogP contribution in [-0.2, 0) is 9.53 Å². The third-order valence-electron chi connectivity index (χ3n) is 2.97. The lowest BCUT2D eigenvalue weighted by molar-refractivity contribution is -0.140. The van der Waals surface area contributed by atoms with Gasteiger partial charge in [-0.3, -0.25) is 4.79 Å². The Bertz CT molecular complexity index is 219. The maximum Gasteiger partial charge on any atom is 0.182 e. The second-order valence-electron chi connectivity index (χ2n) is 3.57. The molecule has 0 N–H and O–H groups in total. The Morgan fingerprint density at radius 2 is 1.83 bits per heavy atom. The summed E-state index contributed by atoms with van der Waals surface area (Å²) in [6, 6.07) is 0. The number of hydrogen-bond donors (Lipinski definition) is 0. The van der Waals surface area contributed by atoms with Gasteiger partial charge >= 0.3 is 0 Å². The lowest BCUT2D eigenvalue weighted by atomic mass is 9.62. The molecular weight excluding hydrogens is 199 g/mol. The third kappa shape index (κ3) is 0.949. The number of rotatable bonds is 0. The molecule has 2 fully saturated rings. The normalized spacial score (nSPS) is 31.7. The van der Waals surface area contributed by atoms with Gasteiger partial charge in [0.2, 0.25) is 0 Å². The molecule has 0 aromatic rings. The molecule has 0 radical (unpaired) electrons. The highest BCUT2D eigenvalue weighted by atomic mass is 35.5. The lowest BCUT2D eigenvalue weighted by Crippen LogP contribution is -2.59. The Balaban J connectivity index is 2.17. The van der Waals surface area contributed by atoms with Crippen molar-refractivity contribution in [3.63, 3.8) is 0 Å². The summed E-state index contributed by atoms with van der Waals surface area (Å²) in [6.45, 7) is 1.35. The Labute approximate surface area is 81.2 Å². The molecule has 1 aliphatic heterocycles. The Hall–Kier alpha value is 0.210. The number of hydrogen-bond acceptors (Lipinski definition) is 2. The van der Waals surface area contributed by atoms with Crippen molar-refractivity contribution in [2.45, 2.75) is 23.6 Å². The van der Waals surface area contributed by atoms with E-state index in [9.17, 15) is 4.79 Å². The summed E-state index contributed by atoms with van der Waals surface area (Å²) in [5.41, 5.74) is -0.175. The second-order valence-corrected chi connectivity index (χ2v) is 4.89. The second kappa shape index (κ2) is 2.60. The van der Waals surface area contributed by atoms with Gasteiger partial charge in [0.25, 0.3) is 0 Å². The van der Waals surface area contributed by atoms with Crippen molar-refractivity contribution in [3.8, 4) is 0 Å². The van der Waals surface area contributed by atoms with Crippen LogP contribution in [0.15, 0.2) is 0 Å². The first kappa shape index (κ1) is 8.79. The summed E-state index contributed by atoms with van der Waals surface area (Å²) in [5.74, 6) is -0.0345. The zero-order chi connectivity index (χ0) is 8.82. The maximum absolute atomic E-state index is 11.1. The van der Waals surface area contributed by atoms with Crippen LogP contribution in [0.5, 0.6) is 0 Å². The lowest BCUT2D eigenvalue weighted by Gasteiger charge is -2.52. The SMILES string of the molecule is O=C1CC2(CCOCC2)C1(Cl)Cl. The van der Waals surface area contributed by atoms with Crippen molar-refractivity contribution in [2.24, 2.45) is 5.41 Å². The van der Waals surface area contributed by atoms with Crippen LogP contribution in [0, 0.1) is 5.41 Å². The molecule has 1 saturated heterocycles. The molecule has 12 heavy (non-hydrogen) atoms. The zero-order valence-corrected chi connectivity index (χ0v) is 8.12. The van der Waals surface area contributed by atoms with Gasteiger partial charge in [0.15, 0.2) is 10.1 Å². The van der Waals surface area contributed by atoms with E-state index >= 15 is 0 Å². The van der Waals surface area contributed by atoms with Crippen LogP contribution < -0.4 is 0 Å². The van der Waals surface area contributed by atoms with Gasteiger partial charge in [0.1, 0.15) is 0 Å². The Morgan fingerprint density at radius 3 is 2.25 bits per heavy atom. The molecule has 0 bridgehead atoms. The van der Waals surface area contributed by atoms with Gasteiger partial charge in [0.05, 0.1) is 0 Å². The molecule has 2 rings (SSSR count). The van der Waals surface area contributed by atoms with E-state index < -0.39 is 4.33 Å². The first-order valence-corrected chi connectivity index (χ1v) is 4.83. The minimum absolute atomic E-state index is 0.0345. The topological polar surface area (TPSA) is 26.3 Å². The fourth-order valence-electron chi connectivity index (χ4n) is 1.97. The van der Waals surface area contributed by atoms with Crippen molar-refractivity contribution in [1.29, 1.82) is 0 Å². The van der Waals surface area contributed by atoms with Crippen molar-refractivity contribution in [3.05, 3.63) is 0 Å². The van der Waals surface area contributed by atoms with Crippen LogP contribution in [0.2, 0.25) is 0 Å². The van der Waals surface area contributed by atoms with E-state index in [4.69, 9.17) is 27.9 Å². The molecule has 4 heteroatoms. The highest BCUT2D eigenvalue weighted by Crippen LogP contribution is 2.59. The largest absolute Gasteiger partial charge is 0.381 e. The van der Waals surface area contributed by atoms with Crippen molar-refractivity contribution in [1.82, 2.24) is 0 Å². The molecule has 2 aliphatic rings. The summed E-state index contributed by atoms with van der Waals surface area (Å²) < 4.78 is 4.07. The van der Waals surface area contributed by atoms with Gasteiger partial charge in [-0.15, -0.1) is 0 Å². The van der Waals surface area contributed by atoms with Crippen molar-refractivity contribution >= 4 is 29.0 Å². The Morgan fingerprint density at radius 1 is 1.25 bits per heavy atom. The highest BCUT2D eigenvalue weighted by Gasteiger charge is 2.64. The summed E-state index contributed by atoms with van der Waals surface area (Å²) in [4.78, 5) is 11.1. The van der Waals surface area contributed by atoms with E-state index in [0.717, 1.165) is 12.8 Å². The number of carbonyl (C=O) groups excluding carboxylic acids is 1. The average Bonchev–Trinajstić information content (AvgIpc) is 2.06. The number of halogens is 2. The molecule has 0 aromatic heterocycles. The Kier molecular flexibility index (Phi) is 1.90. The molecule has 68 valence electrons. The molecular formula is C8H10Cl2O2. The summed E-state index contributed by atoms with van der Waals surface area (Å²) >= 11 is 11.9. The maximum atomic E-state index is 11.1. The van der Waals surface area contributed by atoms with Crippen LogP contribution in [0.25, 0.3) is 0 Å². The third-order valence-corrected chi connectivity index (χ3v) is 4.19. The fourth-order valence-corrected chi connectivity index (χ4v) is 2.62. The number of Topliss-reactive ketones (excluding diaryl/α,β-unsaturated/α-hetero) is 1. The summed E-state index contributed by atoms with van der Waals surface area (Å²) in [7, 11) is 0. The molecule has 1 aliphatic carbocycles. The predicted octanol–water partition coefficient (Wildman–Crippen LogP) is 1.93. The van der Waals surface area contributed by atoms with Crippen LogP contribution in [0.1, 0.15) is 19.3 Å². The van der Waals surface area contributed by atoms with Crippen LogP contribution in [0.4, 0.5) is 0 Å². The minimum atomic E-state index is -1.13. The van der Waals surface area contributed by atoms with E-state index in [0.29, 0.717) is 19.6 Å². The first-order valence-electron chi connectivity index (χ1n) is 4.07. The first-order chi connectivity index (χ1) is 5.58. The standard InChI is InChI=1S/C8H10Cl2O2/c9-8(10)6(11)5-7(8)1-3-12-4-2-7/h1-5H2. The monoisotopic (exact) mass is 208 g/mol. The van der Waals surface area contributed by atoms with E-state index in [1.54, 1.807) is 0 Å². The molecule has 1 spiro atoms. The van der Waals surface area contributed by atoms with Crippen molar-refractivity contribution < 1.29 is 9.53 Å². The fraction of sp³-hybridized carbons (Fsp3) is 0.875. The van der Waals surface area contributed by atoms with Gasteiger partial charge in [0, 0.05) is 25.0 Å². The minimum Gasteiger partial charge on any atom is -0.381 e. The van der Waals surface area contributed by atoms with Crippen LogP contribution in [-0.4, -0.2) is 23.3 Å². The number of ether oxygens (including phenoxy) is 1. The number of carbonyl (C=O) groups is 1. The smallest absolute Gasteiger partial charge is 0.182 e. The molecule has 0 amide bonds. The van der Waals surface area contributed by atoms with E-state index in [1.807, 2.05) is 0 Å². The number of alkyl halides is 2. The molecule has 1 saturated carbocycles. The van der Waals surface area contributed by atoms with Crippen LogP contribution in [0.3, 0.4) is 0 Å². The average molecular weight is 209 g/mol. The molecule has 1 heterocycles. The molecule has 2 nitrogen and oxygen atoms in total. The highest BCUT2D eigenvalue weighted by molar-refractivity contribution is 6.61. The predicted molar refractivity (Wildman–Crippen MR) is 46.5 cm³/mol. The summed E-state index contributed by atoms with van der Waals surface area (Å²) in [5, 5.41) is 0. The van der Waals surface area contributed by atoms with Gasteiger partial charge < -0.3 is 4.74 Å². The van der Waals surface area contributed by atoms with Crippen molar-refractivity contribution in [2.75, 3.05) is 13.2 Å². The van der Waals surface area contributed by atoms with Gasteiger partial charge in [-0.2, -0.15) is 0 Å². The quantitative estimate of drug-likeness (QED) is 0.570. The molecule has 0 unspecified atom stereocenters.